The first-order valence-electron chi connectivity index (χ1n) is 4.71. The van der Waals surface area contributed by atoms with Gasteiger partial charge in [0.15, 0.2) is 0 Å². The van der Waals surface area contributed by atoms with Crippen LogP contribution in [0.2, 0.25) is 0 Å². The topological polar surface area (TPSA) is 26.0 Å². The van der Waals surface area contributed by atoms with Crippen molar-refractivity contribution >= 4 is 0 Å². The van der Waals surface area contributed by atoms with Crippen LogP contribution in [-0.4, -0.2) is 12.7 Å². The van der Waals surface area contributed by atoms with Crippen molar-refractivity contribution in [2.45, 2.75) is 25.4 Å². The number of nitrogens with two attached hydrogens (primary N) is 1. The molecule has 1 nitrogen and oxygen atoms in total. The van der Waals surface area contributed by atoms with Crippen molar-refractivity contribution in [1.29, 1.82) is 0 Å². The van der Waals surface area contributed by atoms with Crippen LogP contribution >= 0.6 is 0 Å². The minimum Gasteiger partial charge on any atom is -0.330 e. The Balaban J connectivity index is 2.32. The summed E-state index contributed by atoms with van der Waals surface area (Å²) in [7, 11) is 0. The second kappa shape index (κ2) is 5.70. The third kappa shape index (κ3) is 4.04. The quantitative estimate of drug-likeness (QED) is 0.741. The first kappa shape index (κ1) is 10.2. The van der Waals surface area contributed by atoms with E-state index in [9.17, 15) is 4.39 Å². The van der Waals surface area contributed by atoms with Gasteiger partial charge in [0.25, 0.3) is 0 Å². The fourth-order valence-electron chi connectivity index (χ4n) is 1.31. The van der Waals surface area contributed by atoms with E-state index in [4.69, 9.17) is 5.73 Å². The average Bonchev–Trinajstić information content (AvgIpc) is 2.16. The van der Waals surface area contributed by atoms with E-state index >= 15 is 0 Å². The van der Waals surface area contributed by atoms with E-state index < -0.39 is 6.17 Å². The summed E-state index contributed by atoms with van der Waals surface area (Å²) in [4.78, 5) is 0. The monoisotopic (exact) mass is 181 g/mol. The molecule has 0 spiro atoms. The lowest BCUT2D eigenvalue weighted by Crippen LogP contribution is -2.08. The molecule has 2 N–H and O–H groups in total. The molecule has 1 unspecified atom stereocenters. The van der Waals surface area contributed by atoms with Gasteiger partial charge in [-0.3, -0.25) is 0 Å². The van der Waals surface area contributed by atoms with Gasteiger partial charge in [-0.25, -0.2) is 4.39 Å². The van der Waals surface area contributed by atoms with Crippen molar-refractivity contribution < 1.29 is 4.39 Å². The lowest BCUT2D eigenvalue weighted by Gasteiger charge is -2.06. The highest BCUT2D eigenvalue weighted by Gasteiger charge is 2.05. The summed E-state index contributed by atoms with van der Waals surface area (Å²) in [5.74, 6) is 0. The van der Waals surface area contributed by atoms with Crippen molar-refractivity contribution in [3.63, 3.8) is 0 Å². The van der Waals surface area contributed by atoms with Crippen LogP contribution in [0.3, 0.4) is 0 Å². The van der Waals surface area contributed by atoms with Crippen LogP contribution in [0.25, 0.3) is 0 Å². The number of benzene rings is 1. The predicted molar refractivity (Wildman–Crippen MR) is 53.3 cm³/mol. The number of rotatable bonds is 5. The molecule has 1 rings (SSSR count). The van der Waals surface area contributed by atoms with Crippen molar-refractivity contribution in [1.82, 2.24) is 0 Å². The van der Waals surface area contributed by atoms with E-state index in [0.29, 0.717) is 19.4 Å². The molecule has 1 aromatic rings. The number of hydrogen-bond donors (Lipinski definition) is 1. The van der Waals surface area contributed by atoms with E-state index in [1.807, 2.05) is 30.3 Å². The van der Waals surface area contributed by atoms with Crippen LogP contribution in [0, 0.1) is 0 Å². The molecular formula is C11H16FN. The van der Waals surface area contributed by atoms with Crippen LogP contribution in [0.15, 0.2) is 30.3 Å². The van der Waals surface area contributed by atoms with Gasteiger partial charge in [0, 0.05) is 6.42 Å². The highest BCUT2D eigenvalue weighted by atomic mass is 19.1. The van der Waals surface area contributed by atoms with Crippen LogP contribution in [0.5, 0.6) is 0 Å². The average molecular weight is 181 g/mol. The second-order valence-corrected chi connectivity index (χ2v) is 3.22. The standard InChI is InChI=1S/C11H16FN/c12-11(7-4-8-13)9-10-5-2-1-3-6-10/h1-3,5-6,11H,4,7-9,13H2. The largest absolute Gasteiger partial charge is 0.330 e. The highest BCUT2D eigenvalue weighted by Crippen LogP contribution is 2.09. The van der Waals surface area contributed by atoms with Gasteiger partial charge >= 0.3 is 0 Å². The van der Waals surface area contributed by atoms with Gasteiger partial charge in [-0.1, -0.05) is 30.3 Å². The van der Waals surface area contributed by atoms with Gasteiger partial charge in [-0.05, 0) is 24.9 Å². The maximum Gasteiger partial charge on any atom is 0.104 e. The van der Waals surface area contributed by atoms with Gasteiger partial charge in [-0.15, -0.1) is 0 Å². The van der Waals surface area contributed by atoms with Gasteiger partial charge in [-0.2, -0.15) is 0 Å². The maximum atomic E-state index is 13.2. The zero-order valence-electron chi connectivity index (χ0n) is 7.75. The minimum absolute atomic E-state index is 0.515. The summed E-state index contributed by atoms with van der Waals surface area (Å²) in [5, 5.41) is 0. The summed E-state index contributed by atoms with van der Waals surface area (Å²) in [5.41, 5.74) is 6.37. The molecule has 1 aromatic carbocycles. The van der Waals surface area contributed by atoms with E-state index in [2.05, 4.69) is 0 Å². The second-order valence-electron chi connectivity index (χ2n) is 3.22. The molecule has 0 fully saturated rings. The third-order valence-electron chi connectivity index (χ3n) is 2.02. The van der Waals surface area contributed by atoms with Crippen LogP contribution in [0.1, 0.15) is 18.4 Å². The normalized spacial score (nSPS) is 12.8. The van der Waals surface area contributed by atoms with Crippen molar-refractivity contribution in [3.05, 3.63) is 35.9 Å². The summed E-state index contributed by atoms with van der Waals surface area (Å²) in [6, 6.07) is 9.72. The zero-order chi connectivity index (χ0) is 9.52. The molecular weight excluding hydrogens is 165 g/mol. The summed E-state index contributed by atoms with van der Waals surface area (Å²) >= 11 is 0. The van der Waals surface area contributed by atoms with E-state index in [0.717, 1.165) is 12.0 Å². The molecule has 72 valence electrons. The molecule has 0 aromatic heterocycles. The number of hydrogen-bond acceptors (Lipinski definition) is 1. The zero-order valence-corrected chi connectivity index (χ0v) is 7.75. The van der Waals surface area contributed by atoms with Crippen LogP contribution in [0.4, 0.5) is 4.39 Å². The summed E-state index contributed by atoms with van der Waals surface area (Å²) < 4.78 is 13.2. The Labute approximate surface area is 78.8 Å². The molecule has 0 saturated heterocycles. The third-order valence-corrected chi connectivity index (χ3v) is 2.02. The van der Waals surface area contributed by atoms with Crippen molar-refractivity contribution in [2.75, 3.05) is 6.54 Å². The predicted octanol–water partition coefficient (Wildman–Crippen LogP) is 2.31. The molecule has 0 heterocycles. The summed E-state index contributed by atoms with van der Waals surface area (Å²) in [6.45, 7) is 0.579. The molecule has 2 heteroatoms. The molecule has 0 aliphatic carbocycles. The van der Waals surface area contributed by atoms with Crippen LogP contribution in [-0.2, 0) is 6.42 Å². The molecule has 0 radical (unpaired) electrons. The van der Waals surface area contributed by atoms with Gasteiger partial charge in [0.1, 0.15) is 6.17 Å². The minimum atomic E-state index is -0.744. The van der Waals surface area contributed by atoms with Gasteiger partial charge in [0.2, 0.25) is 0 Å². The Bertz CT molecular complexity index is 223. The van der Waals surface area contributed by atoms with Crippen molar-refractivity contribution in [2.24, 2.45) is 5.73 Å². The molecule has 1 atom stereocenters. The Morgan fingerprint density at radius 2 is 1.92 bits per heavy atom. The molecule has 0 aliphatic heterocycles. The SMILES string of the molecule is NCCCC(F)Cc1ccccc1. The lowest BCUT2D eigenvalue weighted by molar-refractivity contribution is 0.308. The Morgan fingerprint density at radius 1 is 1.23 bits per heavy atom. The molecule has 13 heavy (non-hydrogen) atoms. The highest BCUT2D eigenvalue weighted by molar-refractivity contribution is 5.15. The number of alkyl halides is 1. The van der Waals surface area contributed by atoms with E-state index in [1.165, 1.54) is 0 Å². The first-order valence-corrected chi connectivity index (χ1v) is 4.71. The van der Waals surface area contributed by atoms with Gasteiger partial charge in [0.05, 0.1) is 0 Å². The molecule has 0 aliphatic rings. The van der Waals surface area contributed by atoms with Crippen LogP contribution < -0.4 is 5.73 Å². The maximum absolute atomic E-state index is 13.2. The van der Waals surface area contributed by atoms with E-state index in [1.54, 1.807) is 0 Å². The fourth-order valence-corrected chi connectivity index (χ4v) is 1.31. The smallest absolute Gasteiger partial charge is 0.104 e. The molecule has 0 amide bonds. The Kier molecular flexibility index (Phi) is 4.47. The first-order chi connectivity index (χ1) is 6.33. The molecule has 0 saturated carbocycles. The molecule has 0 bridgehead atoms. The van der Waals surface area contributed by atoms with Gasteiger partial charge < -0.3 is 5.73 Å². The van der Waals surface area contributed by atoms with Crippen molar-refractivity contribution in [3.8, 4) is 0 Å². The van der Waals surface area contributed by atoms with E-state index in [-0.39, 0.29) is 0 Å². The summed E-state index contributed by atoms with van der Waals surface area (Å²) in [6.07, 6.45) is 1.12. The Hall–Kier alpha value is -0.890. The Morgan fingerprint density at radius 3 is 2.54 bits per heavy atom. The fraction of sp³-hybridized carbons (Fsp3) is 0.455. The lowest BCUT2D eigenvalue weighted by atomic mass is 10.1. The number of halogens is 1.